The monoisotopic (exact) mass is 210 g/mol. The van der Waals surface area contributed by atoms with E-state index in [1.165, 1.54) is 37.2 Å². The van der Waals surface area contributed by atoms with Gasteiger partial charge in [0.1, 0.15) is 0 Å². The van der Waals surface area contributed by atoms with Crippen LogP contribution in [0.5, 0.6) is 0 Å². The molecule has 2 heterocycles. The first-order valence-corrected chi connectivity index (χ1v) is 6.20. The fourth-order valence-corrected chi connectivity index (χ4v) is 2.94. The Labute approximate surface area is 89.9 Å². The predicted molar refractivity (Wildman–Crippen MR) is 63.4 cm³/mol. The van der Waals surface area contributed by atoms with Gasteiger partial charge in [0.05, 0.1) is 5.69 Å². The molecule has 0 unspecified atom stereocenters. The van der Waals surface area contributed by atoms with Crippen LogP contribution in [0, 0.1) is 6.92 Å². The van der Waals surface area contributed by atoms with E-state index < -0.39 is 0 Å². The van der Waals surface area contributed by atoms with Gasteiger partial charge in [-0.05, 0) is 37.8 Å². The largest absolute Gasteiger partial charge is 0.371 e. The van der Waals surface area contributed by atoms with E-state index in [1.54, 1.807) is 0 Å². The standard InChI is InChI=1S/C11H18N2S/c1-9-7-14-8-11(9)13-5-3-10(12-2)4-6-13/h7-8,10,12H,3-6H2,1-2H3. The third kappa shape index (κ3) is 1.93. The van der Waals surface area contributed by atoms with Crippen LogP contribution in [0.1, 0.15) is 18.4 Å². The summed E-state index contributed by atoms with van der Waals surface area (Å²) in [4.78, 5) is 2.51. The van der Waals surface area contributed by atoms with Crippen LogP contribution in [0.2, 0.25) is 0 Å². The zero-order chi connectivity index (χ0) is 9.97. The summed E-state index contributed by atoms with van der Waals surface area (Å²) in [5, 5.41) is 7.87. The smallest absolute Gasteiger partial charge is 0.0504 e. The van der Waals surface area contributed by atoms with Crippen molar-refractivity contribution in [3.63, 3.8) is 0 Å². The molecule has 2 nitrogen and oxygen atoms in total. The molecule has 1 aromatic heterocycles. The van der Waals surface area contributed by atoms with Crippen molar-refractivity contribution in [2.45, 2.75) is 25.8 Å². The Kier molecular flexibility index (Phi) is 3.08. The van der Waals surface area contributed by atoms with E-state index in [0.717, 1.165) is 6.04 Å². The van der Waals surface area contributed by atoms with Gasteiger partial charge in [-0.3, -0.25) is 0 Å². The van der Waals surface area contributed by atoms with E-state index in [1.807, 2.05) is 11.3 Å². The number of aryl methyl sites for hydroxylation is 1. The van der Waals surface area contributed by atoms with Crippen molar-refractivity contribution < 1.29 is 0 Å². The molecule has 1 fully saturated rings. The number of anilines is 1. The molecule has 0 atom stereocenters. The normalized spacial score (nSPS) is 18.9. The molecule has 0 aliphatic carbocycles. The van der Waals surface area contributed by atoms with Crippen molar-refractivity contribution in [2.24, 2.45) is 0 Å². The first kappa shape index (κ1) is 9.99. The lowest BCUT2D eigenvalue weighted by Gasteiger charge is -2.33. The maximum Gasteiger partial charge on any atom is 0.0504 e. The number of nitrogens with zero attached hydrogens (tertiary/aromatic N) is 1. The molecular formula is C11H18N2S. The molecular weight excluding hydrogens is 192 g/mol. The van der Waals surface area contributed by atoms with Crippen molar-refractivity contribution in [3.8, 4) is 0 Å². The molecule has 1 aliphatic heterocycles. The molecule has 1 aromatic rings. The summed E-state index contributed by atoms with van der Waals surface area (Å²) in [5.41, 5.74) is 2.88. The van der Waals surface area contributed by atoms with Crippen molar-refractivity contribution >= 4 is 17.0 Å². The summed E-state index contributed by atoms with van der Waals surface area (Å²) < 4.78 is 0. The fourth-order valence-electron chi connectivity index (χ4n) is 2.09. The lowest BCUT2D eigenvalue weighted by molar-refractivity contribution is 0.442. The second-order valence-electron chi connectivity index (χ2n) is 3.99. The number of rotatable bonds is 2. The quantitative estimate of drug-likeness (QED) is 0.805. The molecule has 0 radical (unpaired) electrons. The highest BCUT2D eigenvalue weighted by molar-refractivity contribution is 7.08. The molecule has 0 aromatic carbocycles. The summed E-state index contributed by atoms with van der Waals surface area (Å²) in [6, 6.07) is 0.727. The third-order valence-corrected chi connectivity index (χ3v) is 3.92. The van der Waals surface area contributed by atoms with Gasteiger partial charge in [-0.25, -0.2) is 0 Å². The van der Waals surface area contributed by atoms with Crippen LogP contribution in [0.4, 0.5) is 5.69 Å². The molecule has 2 rings (SSSR count). The van der Waals surface area contributed by atoms with Crippen LogP contribution in [0.25, 0.3) is 0 Å². The van der Waals surface area contributed by atoms with Gasteiger partial charge in [-0.15, -0.1) is 11.3 Å². The van der Waals surface area contributed by atoms with Crippen molar-refractivity contribution in [1.29, 1.82) is 0 Å². The first-order chi connectivity index (χ1) is 6.81. The van der Waals surface area contributed by atoms with Crippen molar-refractivity contribution in [3.05, 3.63) is 16.3 Å². The van der Waals surface area contributed by atoms with Gasteiger partial charge >= 0.3 is 0 Å². The average Bonchev–Trinajstić information content (AvgIpc) is 2.65. The zero-order valence-electron chi connectivity index (χ0n) is 8.92. The molecule has 1 N–H and O–H groups in total. The first-order valence-electron chi connectivity index (χ1n) is 5.26. The summed E-state index contributed by atoms with van der Waals surface area (Å²) in [5.74, 6) is 0. The highest BCUT2D eigenvalue weighted by Crippen LogP contribution is 2.26. The van der Waals surface area contributed by atoms with Gasteiger partial charge in [0, 0.05) is 24.5 Å². The van der Waals surface area contributed by atoms with Gasteiger partial charge in [-0.1, -0.05) is 0 Å². The van der Waals surface area contributed by atoms with Crippen LogP contribution in [-0.2, 0) is 0 Å². The Hall–Kier alpha value is -0.540. The van der Waals surface area contributed by atoms with E-state index >= 15 is 0 Å². The Morgan fingerprint density at radius 3 is 2.57 bits per heavy atom. The Morgan fingerprint density at radius 2 is 2.07 bits per heavy atom. The molecule has 78 valence electrons. The van der Waals surface area contributed by atoms with E-state index in [4.69, 9.17) is 0 Å². The Bertz CT molecular complexity index is 287. The van der Waals surface area contributed by atoms with E-state index in [2.05, 4.69) is 34.9 Å². The van der Waals surface area contributed by atoms with Crippen molar-refractivity contribution in [2.75, 3.05) is 25.0 Å². The molecule has 0 amide bonds. The highest BCUT2D eigenvalue weighted by Gasteiger charge is 2.18. The van der Waals surface area contributed by atoms with Crippen LogP contribution in [0.15, 0.2) is 10.8 Å². The van der Waals surface area contributed by atoms with Crippen LogP contribution in [0.3, 0.4) is 0 Å². The van der Waals surface area contributed by atoms with E-state index in [0.29, 0.717) is 0 Å². The van der Waals surface area contributed by atoms with Gasteiger partial charge < -0.3 is 10.2 Å². The minimum Gasteiger partial charge on any atom is -0.371 e. The van der Waals surface area contributed by atoms with Gasteiger partial charge in [-0.2, -0.15) is 0 Å². The maximum atomic E-state index is 3.36. The average molecular weight is 210 g/mol. The maximum absolute atomic E-state index is 3.36. The predicted octanol–water partition coefficient (Wildman–Crippen LogP) is 2.24. The van der Waals surface area contributed by atoms with Gasteiger partial charge in [0.2, 0.25) is 0 Å². The van der Waals surface area contributed by atoms with Crippen LogP contribution >= 0.6 is 11.3 Å². The molecule has 1 aliphatic rings. The van der Waals surface area contributed by atoms with Crippen molar-refractivity contribution in [1.82, 2.24) is 5.32 Å². The number of nitrogens with one attached hydrogen (secondary N) is 1. The number of thiophene rings is 1. The summed E-state index contributed by atoms with van der Waals surface area (Å²) in [6.45, 7) is 4.60. The minimum absolute atomic E-state index is 0.727. The Morgan fingerprint density at radius 1 is 1.36 bits per heavy atom. The van der Waals surface area contributed by atoms with E-state index in [9.17, 15) is 0 Å². The van der Waals surface area contributed by atoms with Crippen LogP contribution < -0.4 is 10.2 Å². The zero-order valence-corrected chi connectivity index (χ0v) is 9.73. The van der Waals surface area contributed by atoms with Gasteiger partial charge in [0.25, 0.3) is 0 Å². The molecule has 1 saturated heterocycles. The number of hydrogen-bond donors (Lipinski definition) is 1. The topological polar surface area (TPSA) is 15.3 Å². The number of piperidine rings is 1. The third-order valence-electron chi connectivity index (χ3n) is 3.07. The highest BCUT2D eigenvalue weighted by atomic mass is 32.1. The SMILES string of the molecule is CNC1CCN(c2cscc2C)CC1. The molecule has 0 spiro atoms. The van der Waals surface area contributed by atoms with E-state index in [-0.39, 0.29) is 0 Å². The summed E-state index contributed by atoms with van der Waals surface area (Å²) >= 11 is 1.81. The summed E-state index contributed by atoms with van der Waals surface area (Å²) in [7, 11) is 2.07. The lowest BCUT2D eigenvalue weighted by atomic mass is 10.0. The molecule has 3 heteroatoms. The van der Waals surface area contributed by atoms with Crippen LogP contribution in [-0.4, -0.2) is 26.2 Å². The lowest BCUT2D eigenvalue weighted by Crippen LogP contribution is -2.41. The molecule has 0 saturated carbocycles. The molecule has 0 bridgehead atoms. The molecule has 14 heavy (non-hydrogen) atoms. The van der Waals surface area contributed by atoms with Gasteiger partial charge in [0.15, 0.2) is 0 Å². The number of hydrogen-bond acceptors (Lipinski definition) is 3. The fraction of sp³-hybridized carbons (Fsp3) is 0.636. The minimum atomic E-state index is 0.727. The second kappa shape index (κ2) is 4.32. The Balaban J connectivity index is 1.99. The summed E-state index contributed by atoms with van der Waals surface area (Å²) in [6.07, 6.45) is 2.54. The second-order valence-corrected chi connectivity index (χ2v) is 4.73.